The Bertz CT molecular complexity index is 401. The van der Waals surface area contributed by atoms with Crippen molar-refractivity contribution in [3.8, 4) is 11.1 Å². The third-order valence-electron chi connectivity index (χ3n) is 1.99. The van der Waals surface area contributed by atoms with Gasteiger partial charge in [-0.15, -0.1) is 0 Å². The van der Waals surface area contributed by atoms with E-state index in [9.17, 15) is 0 Å². The topological polar surface area (TPSA) is 28.7 Å². The highest BCUT2D eigenvalue weighted by Crippen LogP contribution is 2.22. The number of pyridine rings is 1. The van der Waals surface area contributed by atoms with Crippen molar-refractivity contribution in [2.75, 3.05) is 0 Å². The van der Waals surface area contributed by atoms with E-state index in [-0.39, 0.29) is 0 Å². The Morgan fingerprint density at radius 2 is 2.00 bits per heavy atom. The molecule has 64 valence electrons. The molecule has 2 aromatic rings. The van der Waals surface area contributed by atoms with Crippen LogP contribution in [0.25, 0.3) is 17.2 Å². The second-order valence-corrected chi connectivity index (χ2v) is 2.76. The fourth-order valence-electron chi connectivity index (χ4n) is 1.33. The van der Waals surface area contributed by atoms with Crippen molar-refractivity contribution in [2.24, 2.45) is 0 Å². The van der Waals surface area contributed by atoms with E-state index in [1.54, 1.807) is 12.4 Å². The molecule has 2 heterocycles. The number of aromatic amines is 1. The molecule has 2 nitrogen and oxygen atoms in total. The van der Waals surface area contributed by atoms with Crippen molar-refractivity contribution in [3.63, 3.8) is 0 Å². The van der Waals surface area contributed by atoms with Gasteiger partial charge in [0.15, 0.2) is 0 Å². The Kier molecular flexibility index (Phi) is 1.96. The van der Waals surface area contributed by atoms with Crippen LogP contribution < -0.4 is 0 Å². The van der Waals surface area contributed by atoms with Crippen LogP contribution in [0.5, 0.6) is 0 Å². The van der Waals surface area contributed by atoms with Gasteiger partial charge in [-0.1, -0.05) is 12.7 Å². The molecule has 0 saturated heterocycles. The first-order valence-electron chi connectivity index (χ1n) is 4.11. The third-order valence-corrected chi connectivity index (χ3v) is 1.99. The first kappa shape index (κ1) is 7.80. The normalized spacial score (nSPS) is 9.85. The molecule has 0 aliphatic heterocycles. The van der Waals surface area contributed by atoms with Gasteiger partial charge < -0.3 is 4.98 Å². The SMILES string of the molecule is C=Cc1c[nH]cc1-c1ccncc1. The van der Waals surface area contributed by atoms with E-state index >= 15 is 0 Å². The highest BCUT2D eigenvalue weighted by molar-refractivity contribution is 5.73. The lowest BCUT2D eigenvalue weighted by Gasteiger charge is -1.97. The van der Waals surface area contributed by atoms with Gasteiger partial charge in [0.2, 0.25) is 0 Å². The molecular formula is C11H10N2. The number of hydrogen-bond acceptors (Lipinski definition) is 1. The van der Waals surface area contributed by atoms with Crippen LogP contribution in [-0.2, 0) is 0 Å². The first-order valence-corrected chi connectivity index (χ1v) is 4.11. The van der Waals surface area contributed by atoms with Crippen LogP contribution in [0.3, 0.4) is 0 Å². The Labute approximate surface area is 77.0 Å². The molecule has 0 unspecified atom stereocenters. The third kappa shape index (κ3) is 1.38. The lowest BCUT2D eigenvalue weighted by Crippen LogP contribution is -1.77. The fraction of sp³-hybridized carbons (Fsp3) is 0. The van der Waals surface area contributed by atoms with E-state index in [0.29, 0.717) is 0 Å². The van der Waals surface area contributed by atoms with Crippen molar-refractivity contribution in [1.29, 1.82) is 0 Å². The lowest BCUT2D eigenvalue weighted by atomic mass is 10.1. The summed E-state index contributed by atoms with van der Waals surface area (Å²) in [4.78, 5) is 7.03. The quantitative estimate of drug-likeness (QED) is 0.737. The summed E-state index contributed by atoms with van der Waals surface area (Å²) in [6, 6.07) is 3.96. The molecule has 2 aromatic heterocycles. The van der Waals surface area contributed by atoms with Crippen molar-refractivity contribution >= 4 is 6.08 Å². The molecule has 0 fully saturated rings. The highest BCUT2D eigenvalue weighted by atomic mass is 14.6. The number of aromatic nitrogens is 2. The van der Waals surface area contributed by atoms with Crippen LogP contribution >= 0.6 is 0 Å². The van der Waals surface area contributed by atoms with Gasteiger partial charge in [0.25, 0.3) is 0 Å². The maximum atomic E-state index is 3.97. The van der Waals surface area contributed by atoms with E-state index in [4.69, 9.17) is 0 Å². The van der Waals surface area contributed by atoms with Gasteiger partial charge in [-0.2, -0.15) is 0 Å². The van der Waals surface area contributed by atoms with Crippen molar-refractivity contribution in [3.05, 3.63) is 49.1 Å². The number of rotatable bonds is 2. The van der Waals surface area contributed by atoms with Crippen molar-refractivity contribution in [2.45, 2.75) is 0 Å². The largest absolute Gasteiger partial charge is 0.366 e. The summed E-state index contributed by atoms with van der Waals surface area (Å²) < 4.78 is 0. The average Bonchev–Trinajstić information content (AvgIpc) is 2.67. The number of nitrogens with zero attached hydrogens (tertiary/aromatic N) is 1. The molecule has 0 bridgehead atoms. The molecule has 0 aliphatic rings. The fourth-order valence-corrected chi connectivity index (χ4v) is 1.33. The van der Waals surface area contributed by atoms with Crippen LogP contribution in [0.4, 0.5) is 0 Å². The Hall–Kier alpha value is -1.83. The molecule has 0 saturated carbocycles. The summed E-state index contributed by atoms with van der Waals surface area (Å²) in [6.07, 6.45) is 9.31. The predicted molar refractivity (Wildman–Crippen MR) is 54.1 cm³/mol. The second-order valence-electron chi connectivity index (χ2n) is 2.76. The molecule has 2 rings (SSSR count). The Balaban J connectivity index is 2.52. The van der Waals surface area contributed by atoms with E-state index < -0.39 is 0 Å². The maximum Gasteiger partial charge on any atom is 0.0273 e. The zero-order valence-electron chi connectivity index (χ0n) is 7.20. The van der Waals surface area contributed by atoms with Gasteiger partial charge in [0.1, 0.15) is 0 Å². The summed E-state index contributed by atoms with van der Waals surface area (Å²) in [5.74, 6) is 0. The molecule has 0 amide bonds. The number of nitrogens with one attached hydrogen (secondary N) is 1. The highest BCUT2D eigenvalue weighted by Gasteiger charge is 2.01. The van der Waals surface area contributed by atoms with Gasteiger partial charge in [-0.05, 0) is 23.3 Å². The molecular weight excluding hydrogens is 160 g/mol. The molecule has 0 aliphatic carbocycles. The zero-order chi connectivity index (χ0) is 9.10. The summed E-state index contributed by atoms with van der Waals surface area (Å²) in [7, 11) is 0. The molecule has 0 spiro atoms. The van der Waals surface area contributed by atoms with Crippen LogP contribution in [-0.4, -0.2) is 9.97 Å². The molecule has 2 heteroatoms. The molecule has 0 aromatic carbocycles. The van der Waals surface area contributed by atoms with Gasteiger partial charge in [-0.25, -0.2) is 0 Å². The summed E-state index contributed by atoms with van der Waals surface area (Å²) >= 11 is 0. The minimum Gasteiger partial charge on any atom is -0.366 e. The minimum absolute atomic E-state index is 1.12. The van der Waals surface area contributed by atoms with E-state index in [2.05, 4.69) is 16.5 Å². The summed E-state index contributed by atoms with van der Waals surface area (Å²) in [5, 5.41) is 0. The van der Waals surface area contributed by atoms with E-state index in [0.717, 1.165) is 16.7 Å². The smallest absolute Gasteiger partial charge is 0.0273 e. The van der Waals surface area contributed by atoms with Crippen LogP contribution in [0.15, 0.2) is 43.5 Å². The first-order chi connectivity index (χ1) is 6.42. The Morgan fingerprint density at radius 3 is 2.69 bits per heavy atom. The molecule has 1 N–H and O–H groups in total. The van der Waals surface area contributed by atoms with Crippen molar-refractivity contribution in [1.82, 2.24) is 9.97 Å². The van der Waals surface area contributed by atoms with Crippen LogP contribution in [0.1, 0.15) is 5.56 Å². The van der Waals surface area contributed by atoms with E-state index in [1.165, 1.54) is 0 Å². The maximum absolute atomic E-state index is 3.97. The number of H-pyrrole nitrogens is 1. The van der Waals surface area contributed by atoms with Gasteiger partial charge >= 0.3 is 0 Å². The van der Waals surface area contributed by atoms with Crippen LogP contribution in [0, 0.1) is 0 Å². The monoisotopic (exact) mass is 170 g/mol. The molecule has 0 atom stereocenters. The Morgan fingerprint density at radius 1 is 1.23 bits per heavy atom. The van der Waals surface area contributed by atoms with Gasteiger partial charge in [-0.3, -0.25) is 4.98 Å². The second kappa shape index (κ2) is 3.27. The van der Waals surface area contributed by atoms with Crippen molar-refractivity contribution < 1.29 is 0 Å². The zero-order valence-corrected chi connectivity index (χ0v) is 7.20. The van der Waals surface area contributed by atoms with Gasteiger partial charge in [0.05, 0.1) is 0 Å². The average molecular weight is 170 g/mol. The number of hydrogen-bond donors (Lipinski definition) is 1. The summed E-state index contributed by atoms with van der Waals surface area (Å²) in [6.45, 7) is 3.75. The lowest BCUT2D eigenvalue weighted by molar-refractivity contribution is 1.33. The predicted octanol–water partition coefficient (Wildman–Crippen LogP) is 2.72. The molecule has 0 radical (unpaired) electrons. The minimum atomic E-state index is 1.12. The van der Waals surface area contributed by atoms with Gasteiger partial charge in [0, 0.05) is 30.4 Å². The summed E-state index contributed by atoms with van der Waals surface area (Å²) in [5.41, 5.74) is 3.44. The van der Waals surface area contributed by atoms with E-state index in [1.807, 2.05) is 30.6 Å². The standard InChI is InChI=1S/C11H10N2/c1-2-9-7-13-8-11(9)10-3-5-12-6-4-10/h2-8,13H,1H2. The molecule has 13 heavy (non-hydrogen) atoms. The van der Waals surface area contributed by atoms with Crippen LogP contribution in [0.2, 0.25) is 0 Å².